The zero-order chi connectivity index (χ0) is 14.6. The van der Waals surface area contributed by atoms with Gasteiger partial charge in [-0.05, 0) is 51.5 Å². The Kier molecular flexibility index (Phi) is 5.87. The first kappa shape index (κ1) is 16.2. The summed E-state index contributed by atoms with van der Waals surface area (Å²) < 4.78 is 27.5. The average Bonchev–Trinajstić information content (AvgIpc) is 2.46. The second-order valence-electron chi connectivity index (χ2n) is 6.42. The van der Waals surface area contributed by atoms with Crippen LogP contribution < -0.4 is 5.32 Å². The number of rotatable bonds is 6. The standard InChI is InChI=1S/C15H30N2O2S/c1-3-10-16-12-13(2)20(18,19)17-11-6-8-14-7-4-5-9-15(14)17/h13-16H,3-12H2,1-2H3/t13?,14-,15-/m1/s1. The lowest BCUT2D eigenvalue weighted by molar-refractivity contribution is 0.128. The van der Waals surface area contributed by atoms with E-state index in [2.05, 4.69) is 12.2 Å². The van der Waals surface area contributed by atoms with E-state index in [9.17, 15) is 8.42 Å². The minimum atomic E-state index is -3.14. The quantitative estimate of drug-likeness (QED) is 0.766. The van der Waals surface area contributed by atoms with Crippen molar-refractivity contribution in [2.45, 2.75) is 70.1 Å². The van der Waals surface area contributed by atoms with Gasteiger partial charge in [0, 0.05) is 19.1 Å². The Bertz CT molecular complexity index is 395. The van der Waals surface area contributed by atoms with Gasteiger partial charge in [-0.3, -0.25) is 0 Å². The molecule has 1 aliphatic heterocycles. The summed E-state index contributed by atoms with van der Waals surface area (Å²) in [5, 5.41) is 2.94. The molecule has 1 aliphatic carbocycles. The maximum absolute atomic E-state index is 12.8. The third-order valence-electron chi connectivity index (χ3n) is 4.89. The smallest absolute Gasteiger partial charge is 0.218 e. The van der Waals surface area contributed by atoms with Gasteiger partial charge >= 0.3 is 0 Å². The van der Waals surface area contributed by atoms with Crippen molar-refractivity contribution in [2.24, 2.45) is 5.92 Å². The second kappa shape index (κ2) is 7.23. The first-order valence-corrected chi connectivity index (χ1v) is 9.79. The molecule has 1 unspecified atom stereocenters. The van der Waals surface area contributed by atoms with E-state index in [1.807, 2.05) is 11.2 Å². The summed E-state index contributed by atoms with van der Waals surface area (Å²) in [5.41, 5.74) is 0. The highest BCUT2D eigenvalue weighted by Crippen LogP contribution is 2.37. The molecule has 20 heavy (non-hydrogen) atoms. The Balaban J connectivity index is 2.03. The molecule has 2 rings (SSSR count). The van der Waals surface area contributed by atoms with E-state index in [0.29, 0.717) is 12.5 Å². The molecule has 0 amide bonds. The lowest BCUT2D eigenvalue weighted by Gasteiger charge is -2.44. The largest absolute Gasteiger partial charge is 0.315 e. The van der Waals surface area contributed by atoms with Crippen LogP contribution in [0.3, 0.4) is 0 Å². The summed E-state index contributed by atoms with van der Waals surface area (Å²) in [6.45, 7) is 6.16. The third kappa shape index (κ3) is 3.55. The van der Waals surface area contributed by atoms with Gasteiger partial charge in [0.1, 0.15) is 0 Å². The zero-order valence-corrected chi connectivity index (χ0v) is 13.8. The van der Waals surface area contributed by atoms with Gasteiger partial charge in [-0.15, -0.1) is 0 Å². The molecule has 2 aliphatic rings. The van der Waals surface area contributed by atoms with Crippen LogP contribution in [0.4, 0.5) is 0 Å². The van der Waals surface area contributed by atoms with Gasteiger partial charge in [-0.1, -0.05) is 19.8 Å². The molecule has 0 aromatic heterocycles. The molecule has 5 heteroatoms. The number of nitrogens with zero attached hydrogens (tertiary/aromatic N) is 1. The minimum absolute atomic E-state index is 0.288. The molecule has 0 radical (unpaired) electrons. The maximum Gasteiger partial charge on any atom is 0.218 e. The molecule has 1 heterocycles. The van der Waals surface area contributed by atoms with Crippen LogP contribution in [0.1, 0.15) is 58.8 Å². The summed E-state index contributed by atoms with van der Waals surface area (Å²) in [7, 11) is -3.14. The fraction of sp³-hybridized carbons (Fsp3) is 1.00. The van der Waals surface area contributed by atoms with E-state index in [1.54, 1.807) is 0 Å². The molecule has 2 fully saturated rings. The van der Waals surface area contributed by atoms with Crippen molar-refractivity contribution in [2.75, 3.05) is 19.6 Å². The molecular formula is C15H30N2O2S. The topological polar surface area (TPSA) is 49.4 Å². The van der Waals surface area contributed by atoms with Crippen LogP contribution in [0.2, 0.25) is 0 Å². The number of hydrogen-bond acceptors (Lipinski definition) is 3. The van der Waals surface area contributed by atoms with Gasteiger partial charge < -0.3 is 5.32 Å². The summed E-state index contributed by atoms with van der Waals surface area (Å²) in [6, 6.07) is 0.288. The van der Waals surface area contributed by atoms with E-state index < -0.39 is 10.0 Å². The molecule has 1 saturated heterocycles. The molecule has 0 spiro atoms. The molecule has 0 aromatic rings. The first-order valence-electron chi connectivity index (χ1n) is 8.28. The summed E-state index contributed by atoms with van der Waals surface area (Å²) in [4.78, 5) is 0. The number of piperidine rings is 1. The van der Waals surface area contributed by atoms with Crippen molar-refractivity contribution >= 4 is 10.0 Å². The monoisotopic (exact) mass is 302 g/mol. The Labute approximate surface area is 124 Å². The van der Waals surface area contributed by atoms with Crippen LogP contribution >= 0.6 is 0 Å². The van der Waals surface area contributed by atoms with Crippen molar-refractivity contribution in [3.63, 3.8) is 0 Å². The molecule has 0 bridgehead atoms. The van der Waals surface area contributed by atoms with Gasteiger partial charge in [0.15, 0.2) is 0 Å². The third-order valence-corrected chi connectivity index (χ3v) is 7.18. The highest BCUT2D eigenvalue weighted by molar-refractivity contribution is 7.89. The predicted octanol–water partition coefficient (Wildman–Crippen LogP) is 2.36. The van der Waals surface area contributed by atoms with Crippen LogP contribution in [-0.2, 0) is 10.0 Å². The highest BCUT2D eigenvalue weighted by atomic mass is 32.2. The Morgan fingerprint density at radius 1 is 1.20 bits per heavy atom. The summed E-state index contributed by atoms with van der Waals surface area (Å²) >= 11 is 0. The molecule has 1 N–H and O–H groups in total. The maximum atomic E-state index is 12.8. The number of sulfonamides is 1. The van der Waals surface area contributed by atoms with Crippen LogP contribution in [0, 0.1) is 5.92 Å². The van der Waals surface area contributed by atoms with Crippen LogP contribution in [-0.4, -0.2) is 43.6 Å². The fourth-order valence-corrected chi connectivity index (χ4v) is 5.54. The normalized spacial score (nSPS) is 29.9. The molecule has 3 atom stereocenters. The van der Waals surface area contributed by atoms with Crippen LogP contribution in [0.15, 0.2) is 0 Å². The van der Waals surface area contributed by atoms with Gasteiger partial charge in [-0.25, -0.2) is 8.42 Å². The van der Waals surface area contributed by atoms with Gasteiger partial charge in [0.2, 0.25) is 10.0 Å². The molecule has 1 saturated carbocycles. The predicted molar refractivity (Wildman–Crippen MR) is 83.2 cm³/mol. The summed E-state index contributed by atoms with van der Waals surface area (Å²) in [6.07, 6.45) is 8.06. The zero-order valence-electron chi connectivity index (χ0n) is 13.0. The molecule has 4 nitrogen and oxygen atoms in total. The lowest BCUT2D eigenvalue weighted by atomic mass is 9.79. The van der Waals surface area contributed by atoms with Gasteiger partial charge in [0.05, 0.1) is 5.25 Å². The van der Waals surface area contributed by atoms with E-state index in [-0.39, 0.29) is 11.3 Å². The second-order valence-corrected chi connectivity index (χ2v) is 8.73. The van der Waals surface area contributed by atoms with Crippen molar-refractivity contribution in [1.29, 1.82) is 0 Å². The molecular weight excluding hydrogens is 272 g/mol. The number of hydrogen-bond donors (Lipinski definition) is 1. The molecule has 118 valence electrons. The number of fused-ring (bicyclic) bond motifs is 1. The fourth-order valence-electron chi connectivity index (χ4n) is 3.71. The van der Waals surface area contributed by atoms with E-state index >= 15 is 0 Å². The van der Waals surface area contributed by atoms with Crippen molar-refractivity contribution in [1.82, 2.24) is 9.62 Å². The summed E-state index contributed by atoms with van der Waals surface area (Å²) in [5.74, 6) is 0.614. The Morgan fingerprint density at radius 3 is 2.65 bits per heavy atom. The first-order chi connectivity index (χ1) is 9.57. The minimum Gasteiger partial charge on any atom is -0.315 e. The van der Waals surface area contributed by atoms with E-state index in [0.717, 1.165) is 32.4 Å². The van der Waals surface area contributed by atoms with Crippen molar-refractivity contribution in [3.05, 3.63) is 0 Å². The van der Waals surface area contributed by atoms with Gasteiger partial charge in [0.25, 0.3) is 0 Å². The SMILES string of the molecule is CCCNCC(C)S(=O)(=O)N1CCC[C@H]2CCCC[C@H]21. The lowest BCUT2D eigenvalue weighted by Crippen LogP contribution is -2.53. The van der Waals surface area contributed by atoms with E-state index in [1.165, 1.54) is 25.7 Å². The van der Waals surface area contributed by atoms with Gasteiger partial charge in [-0.2, -0.15) is 4.31 Å². The number of nitrogens with one attached hydrogen (secondary N) is 1. The highest BCUT2D eigenvalue weighted by Gasteiger charge is 2.41. The van der Waals surface area contributed by atoms with Crippen molar-refractivity contribution in [3.8, 4) is 0 Å². The Hall–Kier alpha value is -0.130. The van der Waals surface area contributed by atoms with Crippen LogP contribution in [0.25, 0.3) is 0 Å². The average molecular weight is 302 g/mol. The van der Waals surface area contributed by atoms with Crippen molar-refractivity contribution < 1.29 is 8.42 Å². The molecule has 0 aromatic carbocycles. The van der Waals surface area contributed by atoms with Crippen LogP contribution in [0.5, 0.6) is 0 Å². The van der Waals surface area contributed by atoms with E-state index in [4.69, 9.17) is 0 Å². The Morgan fingerprint density at radius 2 is 1.90 bits per heavy atom.